The lowest BCUT2D eigenvalue weighted by Crippen LogP contribution is -2.18. The Morgan fingerprint density at radius 1 is 1.12 bits per heavy atom. The van der Waals surface area contributed by atoms with Crippen molar-refractivity contribution in [3.63, 3.8) is 0 Å². The molecule has 4 rings (SSSR count). The Morgan fingerprint density at radius 2 is 1.82 bits per heavy atom. The third kappa shape index (κ3) is 4.61. The van der Waals surface area contributed by atoms with E-state index in [0.29, 0.717) is 21.8 Å². The van der Waals surface area contributed by atoms with Crippen LogP contribution in [-0.2, 0) is 22.4 Å². The predicted octanol–water partition coefficient (Wildman–Crippen LogP) is 5.17. The summed E-state index contributed by atoms with van der Waals surface area (Å²) in [6.45, 7) is 4.65. The molecular weight excluding hydrogens is 443 g/mol. The number of thiophene rings is 1. The van der Waals surface area contributed by atoms with Crippen LogP contribution < -0.4 is 5.32 Å². The molecule has 1 aliphatic rings. The molecule has 2 aromatic heterocycles. The van der Waals surface area contributed by atoms with E-state index in [4.69, 9.17) is 4.74 Å². The van der Waals surface area contributed by atoms with Crippen molar-refractivity contribution in [2.24, 2.45) is 0 Å². The fourth-order valence-corrected chi connectivity index (χ4v) is 5.67. The predicted molar refractivity (Wildman–Crippen MR) is 125 cm³/mol. The number of anilines is 1. The van der Waals surface area contributed by atoms with E-state index >= 15 is 0 Å². The minimum Gasteiger partial charge on any atom is -0.454 e. The van der Waals surface area contributed by atoms with Crippen LogP contribution in [0.2, 0.25) is 0 Å². The van der Waals surface area contributed by atoms with Crippen molar-refractivity contribution >= 4 is 34.0 Å². The Labute approximate surface area is 195 Å². The minimum absolute atomic E-state index is 0.257. The zero-order valence-electron chi connectivity index (χ0n) is 18.8. The topological polar surface area (TPSA) is 77.4 Å². The molecule has 0 fully saturated rings. The van der Waals surface area contributed by atoms with Gasteiger partial charge in [0.2, 0.25) is 11.7 Å². The number of ether oxygens (including phenoxy) is 1. The first-order valence-electron chi connectivity index (χ1n) is 10.8. The number of halogens is 1. The highest BCUT2D eigenvalue weighted by atomic mass is 32.1. The lowest BCUT2D eigenvalue weighted by atomic mass is 9.95. The molecular formula is C25H25FN2O4S. The molecule has 1 amide bonds. The molecule has 1 N–H and O–H groups in total. The van der Waals surface area contributed by atoms with Crippen LogP contribution >= 0.6 is 11.3 Å². The molecule has 6 nitrogen and oxygen atoms in total. The molecule has 33 heavy (non-hydrogen) atoms. The normalized spacial score (nSPS) is 12.8. The van der Waals surface area contributed by atoms with Crippen LogP contribution in [0, 0.1) is 19.7 Å². The molecule has 0 bridgehead atoms. The lowest BCUT2D eigenvalue weighted by molar-refractivity contribution is -0.114. The summed E-state index contributed by atoms with van der Waals surface area (Å²) in [6, 6.07) is 7.77. The minimum atomic E-state index is -0.598. The van der Waals surface area contributed by atoms with E-state index in [0.717, 1.165) is 47.5 Å². The number of aromatic nitrogens is 1. The second kappa shape index (κ2) is 9.31. The van der Waals surface area contributed by atoms with E-state index in [1.807, 2.05) is 11.5 Å². The number of amides is 1. The van der Waals surface area contributed by atoms with E-state index in [-0.39, 0.29) is 17.5 Å². The van der Waals surface area contributed by atoms with Crippen LogP contribution in [0.4, 0.5) is 9.39 Å². The van der Waals surface area contributed by atoms with Crippen LogP contribution in [0.1, 0.15) is 62.3 Å². The number of hydrogen-bond donors (Lipinski definition) is 1. The maximum Gasteiger partial charge on any atom is 0.341 e. The first-order valence-corrected chi connectivity index (χ1v) is 11.6. The van der Waals surface area contributed by atoms with E-state index in [2.05, 4.69) is 5.32 Å². The number of benzene rings is 1. The van der Waals surface area contributed by atoms with Gasteiger partial charge in [-0.05, 0) is 75.4 Å². The number of hydrogen-bond acceptors (Lipinski definition) is 5. The number of fused-ring (bicyclic) bond motifs is 1. The van der Waals surface area contributed by atoms with Crippen molar-refractivity contribution in [3.05, 3.63) is 69.1 Å². The van der Waals surface area contributed by atoms with Crippen LogP contribution in [0.25, 0.3) is 5.69 Å². The Kier molecular flexibility index (Phi) is 6.47. The van der Waals surface area contributed by atoms with E-state index in [1.165, 1.54) is 30.4 Å². The molecule has 0 spiro atoms. The van der Waals surface area contributed by atoms with Gasteiger partial charge in [0, 0.05) is 34.4 Å². The van der Waals surface area contributed by atoms with Crippen molar-refractivity contribution < 1.29 is 23.5 Å². The Bertz CT molecular complexity index is 1240. The molecule has 2 heterocycles. The zero-order valence-corrected chi connectivity index (χ0v) is 19.6. The summed E-state index contributed by atoms with van der Waals surface area (Å²) >= 11 is 1.41. The third-order valence-corrected chi connectivity index (χ3v) is 7.02. The summed E-state index contributed by atoms with van der Waals surface area (Å²) in [7, 11) is 0. The maximum absolute atomic E-state index is 13.3. The monoisotopic (exact) mass is 468 g/mol. The molecule has 1 aliphatic carbocycles. The Balaban J connectivity index is 1.54. The number of ketones is 1. The van der Waals surface area contributed by atoms with Crippen molar-refractivity contribution in [1.82, 2.24) is 4.57 Å². The molecule has 0 radical (unpaired) electrons. The first-order chi connectivity index (χ1) is 15.8. The fourth-order valence-electron chi connectivity index (χ4n) is 4.34. The quantitative estimate of drug-likeness (QED) is 0.400. The number of carbonyl (C=O) groups excluding carboxylic acids is 3. The second-order valence-corrected chi connectivity index (χ2v) is 9.30. The first kappa shape index (κ1) is 22.9. The summed E-state index contributed by atoms with van der Waals surface area (Å²) in [5.41, 5.74) is 3.98. The third-order valence-electron chi connectivity index (χ3n) is 5.82. The highest BCUT2D eigenvalue weighted by molar-refractivity contribution is 7.17. The number of carbonyl (C=O) groups is 3. The SMILES string of the molecule is CC(=O)Nc1sc2c(c1C(=O)OCC(=O)c1cc(C)n(-c3ccc(F)cc3)c1C)CCCC2. The van der Waals surface area contributed by atoms with Crippen molar-refractivity contribution in [2.45, 2.75) is 46.5 Å². The van der Waals surface area contributed by atoms with Gasteiger partial charge >= 0.3 is 5.97 Å². The number of Topliss-reactive ketones (excluding diaryl/α,β-unsaturated/α-hetero) is 1. The maximum atomic E-state index is 13.3. The zero-order chi connectivity index (χ0) is 23.7. The molecule has 172 valence electrons. The van der Waals surface area contributed by atoms with Gasteiger partial charge in [0.1, 0.15) is 10.8 Å². The lowest BCUT2D eigenvalue weighted by Gasteiger charge is -2.13. The van der Waals surface area contributed by atoms with Gasteiger partial charge in [-0.2, -0.15) is 0 Å². The molecule has 8 heteroatoms. The number of rotatable bonds is 6. The van der Waals surface area contributed by atoms with Gasteiger partial charge in [0.05, 0.1) is 5.56 Å². The number of nitrogens with one attached hydrogen (secondary N) is 1. The molecule has 0 saturated heterocycles. The molecule has 1 aromatic carbocycles. The Morgan fingerprint density at radius 3 is 2.52 bits per heavy atom. The largest absolute Gasteiger partial charge is 0.454 e. The smallest absolute Gasteiger partial charge is 0.341 e. The summed E-state index contributed by atoms with van der Waals surface area (Å²) < 4.78 is 20.6. The summed E-state index contributed by atoms with van der Waals surface area (Å²) in [4.78, 5) is 38.6. The van der Waals surface area contributed by atoms with Gasteiger partial charge in [-0.15, -0.1) is 11.3 Å². The fraction of sp³-hybridized carbons (Fsp3) is 0.320. The standard InChI is InChI=1S/C25H25FN2O4S/c1-14-12-20(15(2)28(14)18-10-8-17(26)9-11-18)21(30)13-32-25(31)23-19-6-4-5-7-22(19)33-24(23)27-16(3)29/h8-12H,4-7,13H2,1-3H3,(H,27,29). The highest BCUT2D eigenvalue weighted by Crippen LogP contribution is 2.38. The van der Waals surface area contributed by atoms with Crippen molar-refractivity contribution in [3.8, 4) is 5.69 Å². The van der Waals surface area contributed by atoms with E-state index in [1.54, 1.807) is 25.1 Å². The summed E-state index contributed by atoms with van der Waals surface area (Å²) in [5, 5.41) is 3.22. The Hall–Kier alpha value is -3.26. The van der Waals surface area contributed by atoms with Gasteiger partial charge < -0.3 is 14.6 Å². The van der Waals surface area contributed by atoms with Gasteiger partial charge in [-0.1, -0.05) is 0 Å². The number of esters is 1. The molecule has 0 saturated carbocycles. The van der Waals surface area contributed by atoms with Gasteiger partial charge in [0.15, 0.2) is 6.61 Å². The average Bonchev–Trinajstić information content (AvgIpc) is 3.28. The second-order valence-electron chi connectivity index (χ2n) is 8.19. The van der Waals surface area contributed by atoms with Crippen LogP contribution in [0.3, 0.4) is 0 Å². The molecule has 0 unspecified atom stereocenters. The van der Waals surface area contributed by atoms with Gasteiger partial charge in [0.25, 0.3) is 0 Å². The number of aryl methyl sites for hydroxylation is 2. The summed E-state index contributed by atoms with van der Waals surface area (Å²) in [6.07, 6.45) is 3.64. The number of nitrogens with zero attached hydrogens (tertiary/aromatic N) is 1. The van der Waals surface area contributed by atoms with Crippen LogP contribution in [-0.4, -0.2) is 28.8 Å². The molecule has 0 aliphatic heterocycles. The summed E-state index contributed by atoms with van der Waals surface area (Å²) in [5.74, 6) is -1.51. The molecule has 0 atom stereocenters. The van der Waals surface area contributed by atoms with Crippen molar-refractivity contribution in [1.29, 1.82) is 0 Å². The van der Waals surface area contributed by atoms with Crippen LogP contribution in [0.5, 0.6) is 0 Å². The highest BCUT2D eigenvalue weighted by Gasteiger charge is 2.28. The van der Waals surface area contributed by atoms with Gasteiger partial charge in [-0.25, -0.2) is 9.18 Å². The van der Waals surface area contributed by atoms with E-state index < -0.39 is 12.6 Å². The van der Waals surface area contributed by atoms with E-state index in [9.17, 15) is 18.8 Å². The van der Waals surface area contributed by atoms with Crippen molar-refractivity contribution in [2.75, 3.05) is 11.9 Å². The molecule has 3 aromatic rings. The average molecular weight is 469 g/mol. The van der Waals surface area contributed by atoms with Gasteiger partial charge in [-0.3, -0.25) is 9.59 Å². The van der Waals surface area contributed by atoms with Crippen LogP contribution in [0.15, 0.2) is 30.3 Å².